The Labute approximate surface area is 151 Å². The first-order valence-corrected chi connectivity index (χ1v) is 9.14. The van der Waals surface area contributed by atoms with Gasteiger partial charge in [-0.15, -0.1) is 15.3 Å². The fraction of sp³-hybridized carbons (Fsp3) is 0.421. The lowest BCUT2D eigenvalue weighted by molar-refractivity contribution is 0.0571. The molecule has 3 heterocycles. The molecule has 2 aliphatic rings. The van der Waals surface area contributed by atoms with Gasteiger partial charge in [0, 0.05) is 32.2 Å². The molecule has 1 aliphatic heterocycles. The highest BCUT2D eigenvalue weighted by molar-refractivity contribution is 5.46. The summed E-state index contributed by atoms with van der Waals surface area (Å²) in [5, 5.41) is 23.6. The van der Waals surface area contributed by atoms with Gasteiger partial charge in [-0.2, -0.15) is 4.52 Å². The third kappa shape index (κ3) is 2.47. The molecule has 2 aromatic heterocycles. The van der Waals surface area contributed by atoms with Crippen LogP contribution in [-0.2, 0) is 6.42 Å². The summed E-state index contributed by atoms with van der Waals surface area (Å²) < 4.78 is 1.79. The Morgan fingerprint density at radius 3 is 2.62 bits per heavy atom. The third-order valence-electron chi connectivity index (χ3n) is 5.68. The molecule has 2 atom stereocenters. The molecule has 0 saturated carbocycles. The molecule has 3 aromatic rings. The van der Waals surface area contributed by atoms with E-state index in [1.54, 1.807) is 4.52 Å². The van der Waals surface area contributed by atoms with Crippen LogP contribution in [0.4, 0.5) is 5.82 Å². The number of anilines is 1. The van der Waals surface area contributed by atoms with Gasteiger partial charge in [-0.05, 0) is 36.6 Å². The molecule has 0 radical (unpaired) electrons. The van der Waals surface area contributed by atoms with E-state index in [0.717, 1.165) is 55.5 Å². The van der Waals surface area contributed by atoms with E-state index in [0.29, 0.717) is 0 Å². The van der Waals surface area contributed by atoms with E-state index < -0.39 is 0 Å². The molecule has 7 nitrogen and oxygen atoms in total. The van der Waals surface area contributed by atoms with Crippen LogP contribution in [0.1, 0.15) is 23.1 Å². The lowest BCUT2D eigenvalue weighted by Crippen LogP contribution is -2.51. The summed E-state index contributed by atoms with van der Waals surface area (Å²) >= 11 is 0. The van der Waals surface area contributed by atoms with Gasteiger partial charge in [0.1, 0.15) is 5.82 Å². The number of nitrogens with zero attached hydrogens (tertiary/aromatic N) is 6. The van der Waals surface area contributed by atoms with Gasteiger partial charge in [-0.1, -0.05) is 24.3 Å². The molecule has 5 rings (SSSR count). The van der Waals surface area contributed by atoms with Crippen molar-refractivity contribution in [2.75, 3.05) is 31.1 Å². The molecular weight excluding hydrogens is 328 g/mol. The Morgan fingerprint density at radius 2 is 1.81 bits per heavy atom. The van der Waals surface area contributed by atoms with Gasteiger partial charge >= 0.3 is 0 Å². The molecule has 134 valence electrons. The molecule has 1 fully saturated rings. The Morgan fingerprint density at radius 1 is 1.00 bits per heavy atom. The number of aliphatic hydroxyl groups is 1. The van der Waals surface area contributed by atoms with Crippen LogP contribution < -0.4 is 4.90 Å². The van der Waals surface area contributed by atoms with Crippen LogP contribution in [0.5, 0.6) is 0 Å². The topological polar surface area (TPSA) is 69.8 Å². The Kier molecular flexibility index (Phi) is 3.65. The summed E-state index contributed by atoms with van der Waals surface area (Å²) in [4.78, 5) is 4.72. The Hall–Kier alpha value is -2.51. The molecule has 1 N–H and O–H groups in total. The number of piperazine rings is 1. The van der Waals surface area contributed by atoms with Gasteiger partial charge in [-0.25, -0.2) is 0 Å². The highest BCUT2D eigenvalue weighted by Crippen LogP contribution is 2.34. The molecule has 1 aliphatic carbocycles. The molecule has 0 bridgehead atoms. The van der Waals surface area contributed by atoms with E-state index in [2.05, 4.69) is 43.3 Å². The molecule has 1 saturated heterocycles. The van der Waals surface area contributed by atoms with Crippen molar-refractivity contribution in [3.63, 3.8) is 0 Å². The first-order valence-electron chi connectivity index (χ1n) is 9.14. The van der Waals surface area contributed by atoms with Crippen molar-refractivity contribution in [2.24, 2.45) is 0 Å². The highest BCUT2D eigenvalue weighted by Gasteiger charge is 2.36. The normalized spacial score (nSPS) is 23.5. The average Bonchev–Trinajstić information content (AvgIpc) is 3.22. The van der Waals surface area contributed by atoms with Crippen LogP contribution in [0.2, 0.25) is 0 Å². The minimum absolute atomic E-state index is 0.185. The van der Waals surface area contributed by atoms with Crippen LogP contribution >= 0.6 is 0 Å². The minimum atomic E-state index is -0.383. The van der Waals surface area contributed by atoms with Crippen LogP contribution in [0, 0.1) is 6.92 Å². The molecule has 0 amide bonds. The standard InChI is InChI=1S/C19H22N6O/c1-13-20-21-17-6-7-18(22-25(13)17)24-10-8-23(9-11-24)16-12-14-4-2-3-5-15(14)19(16)26/h2-7,16,19,26H,8-12H2,1H3/t16-,19-/m0/s1. The van der Waals surface area contributed by atoms with Crippen LogP contribution in [0.3, 0.4) is 0 Å². The smallest absolute Gasteiger partial charge is 0.178 e. The van der Waals surface area contributed by atoms with Crippen molar-refractivity contribution < 1.29 is 5.11 Å². The highest BCUT2D eigenvalue weighted by atomic mass is 16.3. The zero-order chi connectivity index (χ0) is 17.7. The number of benzene rings is 1. The average molecular weight is 350 g/mol. The number of fused-ring (bicyclic) bond motifs is 2. The van der Waals surface area contributed by atoms with Crippen LogP contribution in [0.25, 0.3) is 5.65 Å². The first-order chi connectivity index (χ1) is 12.7. The third-order valence-corrected chi connectivity index (χ3v) is 5.68. The Bertz CT molecular complexity index is 946. The molecule has 0 spiro atoms. The maximum absolute atomic E-state index is 10.7. The summed E-state index contributed by atoms with van der Waals surface area (Å²) in [6.45, 7) is 5.57. The van der Waals surface area contributed by atoms with E-state index in [1.165, 1.54) is 5.56 Å². The second kappa shape index (κ2) is 6.03. The lowest BCUT2D eigenvalue weighted by atomic mass is 10.1. The van der Waals surface area contributed by atoms with Gasteiger partial charge in [0.2, 0.25) is 0 Å². The van der Waals surface area contributed by atoms with Crippen LogP contribution in [-0.4, -0.2) is 62.0 Å². The van der Waals surface area contributed by atoms with Gasteiger partial charge < -0.3 is 10.0 Å². The first kappa shape index (κ1) is 15.7. The molecule has 0 unspecified atom stereocenters. The molecule has 1 aromatic carbocycles. The predicted molar refractivity (Wildman–Crippen MR) is 98.2 cm³/mol. The Balaban J connectivity index is 1.30. The lowest BCUT2D eigenvalue weighted by Gasteiger charge is -2.39. The number of aliphatic hydroxyl groups excluding tert-OH is 1. The van der Waals surface area contributed by atoms with Crippen molar-refractivity contribution in [2.45, 2.75) is 25.5 Å². The predicted octanol–water partition coefficient (Wildman–Crippen LogP) is 1.21. The second-order valence-corrected chi connectivity index (χ2v) is 7.15. The zero-order valence-electron chi connectivity index (χ0n) is 14.8. The molecule has 7 heteroatoms. The largest absolute Gasteiger partial charge is 0.387 e. The van der Waals surface area contributed by atoms with E-state index in [4.69, 9.17) is 0 Å². The SMILES string of the molecule is Cc1nnc2ccc(N3CCN([C@H]4Cc5ccccc5[C@@H]4O)CC3)nn12. The molecule has 26 heavy (non-hydrogen) atoms. The fourth-order valence-electron chi connectivity index (χ4n) is 4.22. The van der Waals surface area contributed by atoms with Crippen molar-refractivity contribution >= 4 is 11.5 Å². The van der Waals surface area contributed by atoms with Crippen molar-refractivity contribution in [1.29, 1.82) is 0 Å². The van der Waals surface area contributed by atoms with Gasteiger partial charge in [-0.3, -0.25) is 4.90 Å². The monoisotopic (exact) mass is 350 g/mol. The summed E-state index contributed by atoms with van der Waals surface area (Å²) in [5.41, 5.74) is 3.15. The second-order valence-electron chi connectivity index (χ2n) is 7.15. The number of rotatable bonds is 2. The minimum Gasteiger partial charge on any atom is -0.387 e. The van der Waals surface area contributed by atoms with Gasteiger partial charge in [0.25, 0.3) is 0 Å². The van der Waals surface area contributed by atoms with Crippen molar-refractivity contribution in [3.8, 4) is 0 Å². The number of aromatic nitrogens is 4. The van der Waals surface area contributed by atoms with Gasteiger partial charge in [0.05, 0.1) is 6.10 Å². The van der Waals surface area contributed by atoms with Crippen molar-refractivity contribution in [3.05, 3.63) is 53.3 Å². The number of hydrogen-bond donors (Lipinski definition) is 1. The van der Waals surface area contributed by atoms with E-state index >= 15 is 0 Å². The maximum Gasteiger partial charge on any atom is 0.178 e. The van der Waals surface area contributed by atoms with Crippen LogP contribution in [0.15, 0.2) is 36.4 Å². The van der Waals surface area contributed by atoms with Gasteiger partial charge in [0.15, 0.2) is 11.5 Å². The zero-order valence-corrected chi connectivity index (χ0v) is 14.8. The molecular formula is C19H22N6O. The maximum atomic E-state index is 10.7. The van der Waals surface area contributed by atoms with E-state index in [-0.39, 0.29) is 12.1 Å². The summed E-state index contributed by atoms with van der Waals surface area (Å²) in [6, 6.07) is 12.4. The summed E-state index contributed by atoms with van der Waals surface area (Å²) in [7, 11) is 0. The van der Waals surface area contributed by atoms with Crippen molar-refractivity contribution in [1.82, 2.24) is 24.7 Å². The van der Waals surface area contributed by atoms with E-state index in [1.807, 2.05) is 25.1 Å². The summed E-state index contributed by atoms with van der Waals surface area (Å²) in [6.07, 6.45) is 0.549. The number of hydrogen-bond acceptors (Lipinski definition) is 6. The summed E-state index contributed by atoms with van der Waals surface area (Å²) in [5.74, 6) is 1.75. The number of aryl methyl sites for hydroxylation is 1. The fourth-order valence-corrected chi connectivity index (χ4v) is 4.22. The quantitative estimate of drug-likeness (QED) is 0.749. The van der Waals surface area contributed by atoms with E-state index in [9.17, 15) is 5.11 Å².